The van der Waals surface area contributed by atoms with Crippen LogP contribution in [0.25, 0.3) is 0 Å². The predicted molar refractivity (Wildman–Crippen MR) is 107 cm³/mol. The van der Waals surface area contributed by atoms with Crippen molar-refractivity contribution < 1.29 is 13.2 Å². The van der Waals surface area contributed by atoms with E-state index in [0.29, 0.717) is 11.7 Å². The molecule has 0 fully saturated rings. The Morgan fingerprint density at radius 2 is 1.65 bits per heavy atom. The lowest BCUT2D eigenvalue weighted by Crippen LogP contribution is -2.30. The Morgan fingerprint density at radius 1 is 1.04 bits per heavy atom. The zero-order valence-corrected chi connectivity index (χ0v) is 16.5. The van der Waals surface area contributed by atoms with Crippen molar-refractivity contribution in [1.82, 2.24) is 0 Å². The van der Waals surface area contributed by atoms with Gasteiger partial charge in [-0.2, -0.15) is 0 Å². The summed E-state index contributed by atoms with van der Waals surface area (Å²) in [5, 5.41) is 2.79. The highest BCUT2D eigenvalue weighted by molar-refractivity contribution is 7.91. The van der Waals surface area contributed by atoms with Gasteiger partial charge in [0.1, 0.15) is 0 Å². The summed E-state index contributed by atoms with van der Waals surface area (Å²) in [5.74, 6) is -0.477. The summed E-state index contributed by atoms with van der Waals surface area (Å²) in [5.41, 5.74) is 1.87. The fourth-order valence-electron chi connectivity index (χ4n) is 2.86. The second-order valence-electron chi connectivity index (χ2n) is 6.28. The number of benzene rings is 2. The van der Waals surface area contributed by atoms with Gasteiger partial charge in [-0.3, -0.25) is 4.79 Å². The summed E-state index contributed by atoms with van der Waals surface area (Å²) in [6.07, 6.45) is 0. The number of carbonyl (C=O) groups excluding carboxylic acids is 1. The quantitative estimate of drug-likeness (QED) is 0.796. The summed E-state index contributed by atoms with van der Waals surface area (Å²) in [6, 6.07) is 14.2. The Kier molecular flexibility index (Phi) is 6.42. The Hall–Kier alpha value is -2.34. The Morgan fingerprint density at radius 3 is 2.19 bits per heavy atom. The minimum absolute atomic E-state index is 0.0476. The minimum Gasteiger partial charge on any atom is -0.369 e. The van der Waals surface area contributed by atoms with E-state index in [1.807, 2.05) is 24.3 Å². The summed E-state index contributed by atoms with van der Waals surface area (Å²) in [7, 11) is -3.46. The van der Waals surface area contributed by atoms with Gasteiger partial charge >= 0.3 is 0 Å². The maximum absolute atomic E-state index is 12.6. The van der Waals surface area contributed by atoms with Gasteiger partial charge in [-0.1, -0.05) is 19.1 Å². The van der Waals surface area contributed by atoms with Crippen molar-refractivity contribution >= 4 is 27.1 Å². The molecule has 2 aromatic carbocycles. The van der Waals surface area contributed by atoms with E-state index in [1.54, 1.807) is 19.1 Å². The number of hydrogen-bond acceptors (Lipinski definition) is 4. The Labute approximate surface area is 156 Å². The molecule has 6 heteroatoms. The molecule has 5 nitrogen and oxygen atoms in total. The molecule has 2 rings (SSSR count). The van der Waals surface area contributed by atoms with E-state index in [2.05, 4.69) is 31.0 Å². The van der Waals surface area contributed by atoms with Crippen LogP contribution in [0, 0.1) is 0 Å². The first-order chi connectivity index (χ1) is 12.3. The molecule has 0 aliphatic heterocycles. The number of anilines is 2. The molecule has 0 aliphatic carbocycles. The molecular weight excluding hydrogens is 348 g/mol. The molecule has 0 aliphatic rings. The molecule has 1 N–H and O–H groups in total. The van der Waals surface area contributed by atoms with Gasteiger partial charge in [0.15, 0.2) is 9.84 Å². The van der Waals surface area contributed by atoms with E-state index in [0.717, 1.165) is 12.2 Å². The molecule has 0 atom stereocenters. The van der Waals surface area contributed by atoms with Gasteiger partial charge in [0.05, 0.1) is 16.2 Å². The number of sulfone groups is 1. The minimum atomic E-state index is -3.46. The zero-order valence-electron chi connectivity index (χ0n) is 15.7. The summed E-state index contributed by atoms with van der Waals surface area (Å²) < 4.78 is 24.4. The molecule has 0 bridgehead atoms. The first-order valence-corrected chi connectivity index (χ1v) is 10.4. The van der Waals surface area contributed by atoms with Crippen molar-refractivity contribution in [3.05, 3.63) is 54.1 Å². The number of nitrogens with one attached hydrogen (secondary N) is 1. The topological polar surface area (TPSA) is 66.5 Å². The van der Waals surface area contributed by atoms with E-state index >= 15 is 0 Å². The average molecular weight is 375 g/mol. The Bertz CT molecular complexity index is 859. The molecule has 26 heavy (non-hydrogen) atoms. The normalized spacial score (nSPS) is 11.4. The smallest absolute Gasteiger partial charge is 0.256 e. The van der Waals surface area contributed by atoms with Crippen molar-refractivity contribution in [2.75, 3.05) is 22.5 Å². The Balaban J connectivity index is 2.24. The van der Waals surface area contributed by atoms with E-state index in [4.69, 9.17) is 0 Å². The van der Waals surface area contributed by atoms with Crippen LogP contribution in [0.2, 0.25) is 0 Å². The molecular formula is C20H26N2O3S. The summed E-state index contributed by atoms with van der Waals surface area (Å²) in [6.45, 7) is 8.82. The molecule has 0 aromatic heterocycles. The highest BCUT2D eigenvalue weighted by Crippen LogP contribution is 2.22. The largest absolute Gasteiger partial charge is 0.369 e. The third-order valence-corrected chi connectivity index (χ3v) is 6.05. The van der Waals surface area contributed by atoms with Crippen molar-refractivity contribution in [1.29, 1.82) is 0 Å². The first-order valence-electron chi connectivity index (χ1n) is 8.80. The molecule has 0 heterocycles. The lowest BCUT2D eigenvalue weighted by atomic mass is 10.2. The van der Waals surface area contributed by atoms with Crippen molar-refractivity contribution in [2.24, 2.45) is 0 Å². The van der Waals surface area contributed by atoms with Crippen molar-refractivity contribution in [3.63, 3.8) is 0 Å². The molecule has 0 saturated carbocycles. The molecule has 0 unspecified atom stereocenters. The predicted octanol–water partition coefficient (Wildman–Crippen LogP) is 3.97. The van der Waals surface area contributed by atoms with Crippen LogP contribution in [-0.4, -0.2) is 32.7 Å². The highest BCUT2D eigenvalue weighted by Gasteiger charge is 2.20. The molecule has 1 amide bonds. The van der Waals surface area contributed by atoms with Gasteiger partial charge < -0.3 is 10.2 Å². The SMILES string of the molecule is CCN(c1ccc(NC(=O)c2ccccc2S(=O)(=O)CC)cc1)C(C)C. The first kappa shape index (κ1) is 20.0. The zero-order chi connectivity index (χ0) is 19.3. The van der Waals surface area contributed by atoms with Gasteiger partial charge in [-0.15, -0.1) is 0 Å². The van der Waals surface area contributed by atoms with Crippen LogP contribution in [-0.2, 0) is 9.84 Å². The number of rotatable bonds is 7. The molecule has 0 radical (unpaired) electrons. The second-order valence-corrected chi connectivity index (χ2v) is 8.53. The summed E-state index contributed by atoms with van der Waals surface area (Å²) >= 11 is 0. The van der Waals surface area contributed by atoms with Crippen LogP contribution in [0.1, 0.15) is 38.1 Å². The van der Waals surface area contributed by atoms with E-state index in [9.17, 15) is 13.2 Å². The number of nitrogens with zero attached hydrogens (tertiary/aromatic N) is 1. The third kappa shape index (κ3) is 4.43. The van der Waals surface area contributed by atoms with Crippen molar-refractivity contribution in [2.45, 2.75) is 38.6 Å². The maximum atomic E-state index is 12.6. The van der Waals surface area contributed by atoms with Crippen LogP contribution in [0.5, 0.6) is 0 Å². The maximum Gasteiger partial charge on any atom is 0.256 e. The number of carbonyl (C=O) groups is 1. The molecule has 140 valence electrons. The van der Waals surface area contributed by atoms with Gasteiger partial charge in [0.2, 0.25) is 0 Å². The van der Waals surface area contributed by atoms with Crippen LogP contribution >= 0.6 is 0 Å². The average Bonchev–Trinajstić information content (AvgIpc) is 2.63. The highest BCUT2D eigenvalue weighted by atomic mass is 32.2. The summed E-state index contributed by atoms with van der Waals surface area (Å²) in [4.78, 5) is 14.9. The molecule has 2 aromatic rings. The van der Waals surface area contributed by atoms with Crippen LogP contribution in [0.3, 0.4) is 0 Å². The second kappa shape index (κ2) is 8.36. The lowest BCUT2D eigenvalue weighted by molar-refractivity contribution is 0.102. The number of amides is 1. The van der Waals surface area contributed by atoms with Gasteiger partial charge in [-0.05, 0) is 57.2 Å². The molecule has 0 spiro atoms. The fraction of sp³-hybridized carbons (Fsp3) is 0.350. The van der Waals surface area contributed by atoms with Gasteiger partial charge in [0, 0.05) is 24.0 Å². The van der Waals surface area contributed by atoms with E-state index in [1.165, 1.54) is 12.1 Å². The van der Waals surface area contributed by atoms with Crippen LogP contribution in [0.15, 0.2) is 53.4 Å². The lowest BCUT2D eigenvalue weighted by Gasteiger charge is -2.27. The van der Waals surface area contributed by atoms with E-state index < -0.39 is 15.7 Å². The number of hydrogen-bond donors (Lipinski definition) is 1. The van der Waals surface area contributed by atoms with E-state index in [-0.39, 0.29) is 16.2 Å². The van der Waals surface area contributed by atoms with Crippen molar-refractivity contribution in [3.8, 4) is 0 Å². The van der Waals surface area contributed by atoms with Crippen LogP contribution in [0.4, 0.5) is 11.4 Å². The fourth-order valence-corrected chi connectivity index (χ4v) is 3.95. The third-order valence-electron chi connectivity index (χ3n) is 4.27. The van der Waals surface area contributed by atoms with Gasteiger partial charge in [-0.25, -0.2) is 8.42 Å². The van der Waals surface area contributed by atoms with Crippen LogP contribution < -0.4 is 10.2 Å². The molecule has 0 saturated heterocycles. The standard InChI is InChI=1S/C20H26N2O3S/c1-5-22(15(3)4)17-13-11-16(12-14-17)21-20(23)18-9-7-8-10-19(18)26(24,25)6-2/h7-15H,5-6H2,1-4H3,(H,21,23). The van der Waals surface area contributed by atoms with Gasteiger partial charge in [0.25, 0.3) is 5.91 Å². The monoisotopic (exact) mass is 374 g/mol.